The summed E-state index contributed by atoms with van der Waals surface area (Å²) in [6.07, 6.45) is -63.9. The van der Waals surface area contributed by atoms with Gasteiger partial charge < -0.3 is 173 Å². The zero-order valence-electron chi connectivity index (χ0n) is 67.9. The third-order valence-corrected chi connectivity index (χ3v) is 18.6. The molecular formula is C71H109N7O41. The normalized spacial score (nSPS) is 37.6. The first kappa shape index (κ1) is 98.1. The molecule has 0 aromatic carbocycles. The molecule has 0 aromatic heterocycles. The number of ether oxygens (including phenoxy) is 28. The fourth-order valence-corrected chi connectivity index (χ4v) is 14.3. The second-order valence-corrected chi connectivity index (χ2v) is 27.9. The SMILES string of the molecule is C=CCOC1C2OC(CN)C(OC3OC(CN)C(OC4OC(CN)C(OC5OC(CN)C(OC6OC(CN)C(OC(C(OC(C)=O)OC(C)=O)OC(CN)C(C)OC7OC(CN)C(O2)C(OC(C)=O)C7OC(C)=O)C(OC(C)=O)C6OC(C)=O)C(OC(C)=O)C5OC(C)=O)C(OC(C)=O)C4OC(C)=O)C(OC(C)=O)C3OC(C)=O)C1OC(C)=O. The zero-order valence-corrected chi connectivity index (χ0v) is 67.9. The van der Waals surface area contributed by atoms with Gasteiger partial charge in [0.15, 0.2) is 105 Å². The Morgan fingerprint density at radius 3 is 0.655 bits per heavy atom. The highest BCUT2D eigenvalue weighted by molar-refractivity contribution is 5.71. The first-order valence-corrected chi connectivity index (χ1v) is 37.8. The van der Waals surface area contributed by atoms with E-state index in [-0.39, 0.29) is 0 Å². The van der Waals surface area contributed by atoms with E-state index >= 15 is 0 Å². The van der Waals surface area contributed by atoms with Crippen molar-refractivity contribution < 1.29 is 195 Å². The van der Waals surface area contributed by atoms with Crippen LogP contribution in [0.2, 0.25) is 0 Å². The highest BCUT2D eigenvalue weighted by Gasteiger charge is 2.64. The Balaban J connectivity index is 1.51. The number of carbonyl (C=O) groups excluding carboxylic acids is 13. The smallest absolute Gasteiger partial charge is 0.305 e. The van der Waals surface area contributed by atoms with Crippen LogP contribution >= 0.6 is 0 Å². The van der Waals surface area contributed by atoms with Crippen LogP contribution in [-0.4, -0.2) is 339 Å². The van der Waals surface area contributed by atoms with Crippen molar-refractivity contribution in [3.63, 3.8) is 0 Å². The van der Waals surface area contributed by atoms with E-state index in [4.69, 9.17) is 173 Å². The van der Waals surface area contributed by atoms with Gasteiger partial charge in [-0.1, -0.05) is 6.08 Å². The van der Waals surface area contributed by atoms with Crippen molar-refractivity contribution in [3.05, 3.63) is 12.7 Å². The molecule has 119 heavy (non-hydrogen) atoms. The monoisotopic (exact) mass is 1720 g/mol. The van der Waals surface area contributed by atoms with Crippen LogP contribution in [-0.2, 0) is 195 Å². The maximum Gasteiger partial charge on any atom is 0.305 e. The minimum Gasteiger partial charge on any atom is -0.457 e. The largest absolute Gasteiger partial charge is 0.457 e. The number of esters is 13. The van der Waals surface area contributed by atoms with E-state index in [9.17, 15) is 62.3 Å². The van der Waals surface area contributed by atoms with Crippen LogP contribution in [0.1, 0.15) is 96.9 Å². The zero-order chi connectivity index (χ0) is 88.3. The van der Waals surface area contributed by atoms with E-state index in [1.165, 1.54) is 13.0 Å². The molecule has 17 rings (SSSR count). The molecule has 17 saturated heterocycles. The predicted octanol–water partition coefficient (Wildman–Crippen LogP) is -6.24. The summed E-state index contributed by atoms with van der Waals surface area (Å²) >= 11 is 0. The minimum atomic E-state index is -2.33. The number of rotatable bonds is 24. The second kappa shape index (κ2) is 45.2. The molecule has 17 aliphatic rings. The standard InChI is InChI=1S/C71H109N7O41/c1-16-17-92-58-52(94-26(3)79)46-40(19-73)108-64(58)114-47-41(20-74)109-65(59(100-32(9)85)53(47)95-27(4)80)93-25(2)39(18-72)107-71(70(105-37(14)90)106-38(15)91)119-51-45(24-78)113-69(63(104-36(13)89)57(51)99-31(8)84)118-50-44(23-77)112-68(62(103-35(12)88)56(50)98-30(7)83)117-49-43(22-76)111-67(61(102-34(11)87)55(49)97-29(6)82)116-48-42(21-75)110-66(115-46)60(101-33(10)86)54(48)96-28(5)81/h16,25,39-71H,1,17-24,72-78H2,2-15H3. The number of hydrogen-bond acceptors (Lipinski definition) is 48. The summed E-state index contributed by atoms with van der Waals surface area (Å²) in [4.78, 5) is 175. The van der Waals surface area contributed by atoms with Gasteiger partial charge in [-0.25, -0.2) is 0 Å². The Labute approximate surface area is 681 Å². The molecule has 17 aliphatic heterocycles. The molecule has 48 heteroatoms. The predicted molar refractivity (Wildman–Crippen MR) is 382 cm³/mol. The van der Waals surface area contributed by atoms with Crippen molar-refractivity contribution in [1.29, 1.82) is 0 Å². The molecule has 0 aliphatic carbocycles. The van der Waals surface area contributed by atoms with Gasteiger partial charge >= 0.3 is 77.6 Å². The minimum absolute atomic E-state index is 0.413. The van der Waals surface area contributed by atoms with Crippen LogP contribution < -0.4 is 40.1 Å². The Morgan fingerprint density at radius 2 is 0.454 bits per heavy atom. The molecule has 33 unspecified atom stereocenters. The molecule has 0 radical (unpaired) electrons. The fourth-order valence-electron chi connectivity index (χ4n) is 14.3. The number of nitrogens with two attached hydrogens (primary N) is 7. The topological polar surface area (TPSA) is 662 Å². The first-order chi connectivity index (χ1) is 56.2. The van der Waals surface area contributed by atoms with E-state index in [0.29, 0.717) is 0 Å². The molecule has 12 bridgehead atoms. The van der Waals surface area contributed by atoms with Crippen LogP contribution in [0.5, 0.6) is 0 Å². The molecule has 674 valence electrons. The third kappa shape index (κ3) is 26.0. The third-order valence-electron chi connectivity index (χ3n) is 18.6. The average molecular weight is 1720 g/mol. The van der Waals surface area contributed by atoms with Crippen LogP contribution in [0.3, 0.4) is 0 Å². The highest BCUT2D eigenvalue weighted by Crippen LogP contribution is 2.43. The van der Waals surface area contributed by atoms with Crippen LogP contribution in [0, 0.1) is 0 Å². The second-order valence-electron chi connectivity index (χ2n) is 27.9. The van der Waals surface area contributed by atoms with Gasteiger partial charge in [-0.05, 0) is 6.92 Å². The number of carbonyl (C=O) groups is 13. The van der Waals surface area contributed by atoms with Gasteiger partial charge in [-0.2, -0.15) is 0 Å². The van der Waals surface area contributed by atoms with Crippen LogP contribution in [0.4, 0.5) is 0 Å². The van der Waals surface area contributed by atoms with E-state index in [1.54, 1.807) is 0 Å². The Bertz CT molecular complexity index is 3480. The Morgan fingerprint density at radius 1 is 0.261 bits per heavy atom. The number of fused-ring (bicyclic) bond motifs is 1. The summed E-state index contributed by atoms with van der Waals surface area (Å²) in [5, 5.41) is 0. The van der Waals surface area contributed by atoms with Gasteiger partial charge in [-0.15, -0.1) is 6.58 Å². The summed E-state index contributed by atoms with van der Waals surface area (Å²) < 4.78 is 174. The van der Waals surface area contributed by atoms with Crippen LogP contribution in [0.15, 0.2) is 12.7 Å². The summed E-state index contributed by atoms with van der Waals surface area (Å²) in [6, 6.07) is 0. The lowest BCUT2D eigenvalue weighted by Crippen LogP contribution is -2.70. The highest BCUT2D eigenvalue weighted by atomic mass is 16.8. The van der Waals surface area contributed by atoms with Crippen molar-refractivity contribution >= 4 is 77.6 Å². The Kier molecular flexibility index (Phi) is 37.3. The first-order valence-electron chi connectivity index (χ1n) is 37.8. The van der Waals surface area contributed by atoms with Crippen molar-refractivity contribution in [2.75, 3.05) is 52.4 Å². The van der Waals surface area contributed by atoms with Crippen molar-refractivity contribution in [3.8, 4) is 0 Å². The lowest BCUT2D eigenvalue weighted by Gasteiger charge is -2.52. The molecular weight excluding hydrogens is 1610 g/mol. The van der Waals surface area contributed by atoms with Gasteiger partial charge in [0.1, 0.15) is 79.4 Å². The van der Waals surface area contributed by atoms with E-state index in [1.807, 2.05) is 0 Å². The van der Waals surface area contributed by atoms with Crippen molar-refractivity contribution in [1.82, 2.24) is 0 Å². The molecule has 48 nitrogen and oxygen atoms in total. The molecule has 0 aromatic rings. The molecule has 17 fully saturated rings. The van der Waals surface area contributed by atoms with E-state index in [2.05, 4.69) is 6.58 Å². The van der Waals surface area contributed by atoms with Crippen molar-refractivity contribution in [2.24, 2.45) is 40.1 Å². The molecule has 14 N–H and O–H groups in total. The summed E-state index contributed by atoms with van der Waals surface area (Å²) in [7, 11) is 0. The van der Waals surface area contributed by atoms with Gasteiger partial charge in [0.25, 0.3) is 6.29 Å². The van der Waals surface area contributed by atoms with E-state index in [0.717, 1.165) is 90.0 Å². The van der Waals surface area contributed by atoms with E-state index < -0.39 is 339 Å². The van der Waals surface area contributed by atoms with Gasteiger partial charge in [0.05, 0.1) is 18.8 Å². The van der Waals surface area contributed by atoms with Crippen molar-refractivity contribution in [2.45, 2.75) is 306 Å². The maximum absolute atomic E-state index is 13.6. The fraction of sp³-hybridized carbons (Fsp3) is 0.789. The lowest BCUT2D eigenvalue weighted by atomic mass is 9.94. The summed E-state index contributed by atoms with van der Waals surface area (Å²) in [5.41, 5.74) is 45.5. The van der Waals surface area contributed by atoms with Gasteiger partial charge in [0.2, 0.25) is 6.29 Å². The summed E-state index contributed by atoms with van der Waals surface area (Å²) in [5.74, 6) is -14.4. The molecule has 33 atom stereocenters. The average Bonchev–Trinajstić information content (AvgIpc) is 0.779. The number of hydrogen-bond donors (Lipinski definition) is 7. The molecule has 0 spiro atoms. The quantitative estimate of drug-likeness (QED) is 0.0205. The van der Waals surface area contributed by atoms with Gasteiger partial charge in [0, 0.05) is 136 Å². The Hall–Kier alpha value is -8.03. The molecule has 17 heterocycles. The lowest BCUT2D eigenvalue weighted by molar-refractivity contribution is -0.392. The van der Waals surface area contributed by atoms with Gasteiger partial charge in [-0.3, -0.25) is 62.3 Å². The van der Waals surface area contributed by atoms with Crippen LogP contribution in [0.25, 0.3) is 0 Å². The molecule has 0 amide bonds. The maximum atomic E-state index is 13.6. The summed E-state index contributed by atoms with van der Waals surface area (Å²) in [6.45, 7) is 12.2. The molecule has 0 saturated carbocycles.